The van der Waals surface area contributed by atoms with Gasteiger partial charge in [-0.05, 0) is 31.5 Å². The second-order valence-corrected chi connectivity index (χ2v) is 25.4. The average molecular weight is 1410 g/mol. The van der Waals surface area contributed by atoms with Crippen molar-refractivity contribution in [1.29, 1.82) is 0 Å². The summed E-state index contributed by atoms with van der Waals surface area (Å²) in [6.07, 6.45) is -34.9. The number of benzene rings is 1. The van der Waals surface area contributed by atoms with Crippen molar-refractivity contribution in [3.05, 3.63) is 29.8 Å². The zero-order valence-corrected chi connectivity index (χ0v) is 55.4. The van der Waals surface area contributed by atoms with E-state index in [1.54, 1.807) is 12.1 Å². The Morgan fingerprint density at radius 3 is 1.26 bits per heavy atom. The summed E-state index contributed by atoms with van der Waals surface area (Å²) in [5, 5.41) is 168. The summed E-state index contributed by atoms with van der Waals surface area (Å²) in [6.45, 7) is 3.38. The van der Waals surface area contributed by atoms with Crippen molar-refractivity contribution >= 4 is 29.5 Å². The second kappa shape index (κ2) is 38.0. The molecule has 6 aliphatic heterocycles. The van der Waals surface area contributed by atoms with E-state index in [2.05, 4.69) is 33.5 Å². The van der Waals surface area contributed by atoms with E-state index in [-0.39, 0.29) is 5.56 Å². The van der Waals surface area contributed by atoms with Crippen LogP contribution in [-0.4, -0.2) is 325 Å². The van der Waals surface area contributed by atoms with Crippen LogP contribution in [0.3, 0.4) is 0 Å². The number of unbranched alkanes of at least 4 members (excludes halogenated alkanes) is 8. The lowest BCUT2D eigenvalue weighted by atomic mass is 9.93. The number of carbonyl (C=O) groups excluding carboxylic acids is 5. The highest BCUT2D eigenvalue weighted by atomic mass is 16.8. The van der Waals surface area contributed by atoms with Crippen molar-refractivity contribution in [3.8, 4) is 5.75 Å². The maximum absolute atomic E-state index is 14.0. The second-order valence-electron chi connectivity index (χ2n) is 25.4. The van der Waals surface area contributed by atoms with E-state index in [0.717, 1.165) is 53.4 Å². The Balaban J connectivity index is 1.07. The Morgan fingerprint density at radius 2 is 0.816 bits per heavy atom. The molecule has 5 amide bonds. The van der Waals surface area contributed by atoms with Crippen LogP contribution in [0, 0.1) is 0 Å². The van der Waals surface area contributed by atoms with E-state index < -0.39 is 246 Å². The van der Waals surface area contributed by atoms with Gasteiger partial charge in [0.2, 0.25) is 23.6 Å². The van der Waals surface area contributed by atoms with E-state index in [1.165, 1.54) is 51.2 Å². The summed E-state index contributed by atoms with van der Waals surface area (Å²) in [4.78, 5) is 65.0. The SMILES string of the molecule is CCCCCCCCCCCOc1cccc(C(=O)N[C@@H]2C(O[C@@H]3C(CO)O[C@@H](OC4C(CO)O[C@@H](O[C@@H]5C(CO)OC(OC6C(CO[C@@H]7OC(C)[C@@H](O)[C@@H](O)C7O)OC(O)[C@@H](NC(C)=O)[C@H]6O)C(NC(C)=O)C5O)[C@@H](NC(C)=O)[C@H]4O)C(NC(C)=O)C3O)OC(CO)[C@@H](O)[C@@H]2O)c1. The molecule has 36 nitrogen and oxygen atoms in total. The third-order valence-electron chi connectivity index (χ3n) is 17.9. The molecule has 0 spiro atoms. The lowest BCUT2D eigenvalue weighted by Crippen LogP contribution is -2.72. The molecule has 560 valence electrons. The zero-order chi connectivity index (χ0) is 71.8. The van der Waals surface area contributed by atoms with Gasteiger partial charge in [0.1, 0.15) is 146 Å². The van der Waals surface area contributed by atoms with Gasteiger partial charge in [-0.25, -0.2) is 0 Å². The van der Waals surface area contributed by atoms with Crippen molar-refractivity contribution in [2.75, 3.05) is 39.6 Å². The minimum absolute atomic E-state index is 0.0594. The first-order valence-corrected chi connectivity index (χ1v) is 33.2. The van der Waals surface area contributed by atoms with Crippen LogP contribution in [0.4, 0.5) is 0 Å². The number of carbonyl (C=O) groups is 5. The fraction of sp³-hybridized carbons (Fsp3) is 0.823. The van der Waals surface area contributed by atoms with E-state index in [4.69, 9.17) is 56.8 Å². The molecule has 6 heterocycles. The number of ether oxygens (including phenoxy) is 12. The van der Waals surface area contributed by atoms with Gasteiger partial charge in [-0.1, -0.05) is 64.4 Å². The molecule has 36 heteroatoms. The number of hydrogen-bond acceptors (Lipinski definition) is 31. The zero-order valence-electron chi connectivity index (χ0n) is 55.4. The third-order valence-corrected chi connectivity index (χ3v) is 17.9. The van der Waals surface area contributed by atoms with Crippen LogP contribution >= 0.6 is 0 Å². The third kappa shape index (κ3) is 20.6. The van der Waals surface area contributed by atoms with Crippen molar-refractivity contribution < 1.29 is 152 Å². The maximum atomic E-state index is 14.0. The van der Waals surface area contributed by atoms with Crippen molar-refractivity contribution in [3.63, 3.8) is 0 Å². The van der Waals surface area contributed by atoms with E-state index >= 15 is 0 Å². The minimum Gasteiger partial charge on any atom is -0.494 e. The molecule has 6 saturated heterocycles. The van der Waals surface area contributed by atoms with Crippen LogP contribution in [-0.2, 0) is 71.3 Å². The van der Waals surface area contributed by atoms with Gasteiger partial charge in [-0.15, -0.1) is 0 Å². The molecule has 19 N–H and O–H groups in total. The molecule has 6 fully saturated rings. The summed E-state index contributed by atoms with van der Waals surface area (Å²) in [5.74, 6) is -3.68. The Labute approximate surface area is 565 Å². The van der Waals surface area contributed by atoms with E-state index in [1.807, 2.05) is 0 Å². The maximum Gasteiger partial charge on any atom is 0.251 e. The summed E-state index contributed by atoms with van der Waals surface area (Å²) >= 11 is 0. The molecule has 0 aromatic heterocycles. The molecular weight excluding hydrogens is 1310 g/mol. The van der Waals surface area contributed by atoms with Gasteiger partial charge in [-0.2, -0.15) is 0 Å². The Morgan fingerprint density at radius 1 is 0.418 bits per heavy atom. The predicted octanol–water partition coefficient (Wildman–Crippen LogP) is -7.15. The number of aliphatic hydroxyl groups excluding tert-OH is 14. The van der Waals surface area contributed by atoms with Crippen molar-refractivity contribution in [2.24, 2.45) is 0 Å². The van der Waals surface area contributed by atoms with Crippen LogP contribution < -0.4 is 31.3 Å². The van der Waals surface area contributed by atoms with Crippen LogP contribution in [0.2, 0.25) is 0 Å². The summed E-state index contributed by atoms with van der Waals surface area (Å²) < 4.78 is 72.0. The predicted molar refractivity (Wildman–Crippen MR) is 329 cm³/mol. The molecule has 0 aliphatic carbocycles. The summed E-state index contributed by atoms with van der Waals surface area (Å²) in [5.41, 5.74) is 0.0594. The molecule has 1 aromatic carbocycles. The molecule has 30 atom stereocenters. The highest BCUT2D eigenvalue weighted by Gasteiger charge is 2.58. The summed E-state index contributed by atoms with van der Waals surface area (Å²) in [6, 6.07) is -2.45. The number of nitrogens with one attached hydrogen (secondary N) is 5. The molecule has 0 saturated carbocycles. The quantitative estimate of drug-likeness (QED) is 0.0298. The number of amides is 5. The number of hydrogen-bond donors (Lipinski definition) is 19. The smallest absolute Gasteiger partial charge is 0.251 e. The molecule has 98 heavy (non-hydrogen) atoms. The van der Waals surface area contributed by atoms with Gasteiger partial charge in [-0.3, -0.25) is 24.0 Å². The van der Waals surface area contributed by atoms with Crippen molar-refractivity contribution in [2.45, 2.75) is 283 Å². The summed E-state index contributed by atoms with van der Waals surface area (Å²) in [7, 11) is 0. The molecular formula is C62H101N5O31. The Hall–Kier alpha value is -4.63. The van der Waals surface area contributed by atoms with Gasteiger partial charge in [0.25, 0.3) is 5.91 Å². The minimum atomic E-state index is -2.07. The number of rotatable bonds is 32. The van der Waals surface area contributed by atoms with Gasteiger partial charge in [0, 0.05) is 33.3 Å². The van der Waals surface area contributed by atoms with E-state index in [9.17, 15) is 95.5 Å². The molecule has 6 aliphatic rings. The van der Waals surface area contributed by atoms with Gasteiger partial charge in [0.05, 0.1) is 45.7 Å². The van der Waals surface area contributed by atoms with Gasteiger partial charge >= 0.3 is 0 Å². The number of aliphatic hydroxyl groups is 14. The first-order chi connectivity index (χ1) is 46.7. The lowest BCUT2D eigenvalue weighted by molar-refractivity contribution is -0.368. The highest BCUT2D eigenvalue weighted by molar-refractivity contribution is 5.94. The molecule has 7 rings (SSSR count). The fourth-order valence-electron chi connectivity index (χ4n) is 12.7. The monoisotopic (exact) mass is 1410 g/mol. The van der Waals surface area contributed by atoms with Crippen LogP contribution in [0.25, 0.3) is 0 Å². The fourth-order valence-corrected chi connectivity index (χ4v) is 12.7. The largest absolute Gasteiger partial charge is 0.494 e. The first kappa shape index (κ1) is 80.7. The normalized spacial score (nSPS) is 39.8. The highest BCUT2D eigenvalue weighted by Crippen LogP contribution is 2.37. The standard InChI is InChI=1S/C62H101N5O31/c1-7-8-9-10-11-12-13-14-15-19-87-32-18-16-17-31(20-32)56(85)67-39-45(78)44(77)33(21-68)91-58(39)95-52-34(22-69)92-59(40(47(52)80)64-28(4)73)96-53-35(23-70)93-60(41(48(53)81)65-29(5)74)97-54-36(24-71)94-61(42(49(54)82)66-30(6)75)98-55-37(90-57(86)38(46(55)79)63-27(3)72)25-88-62-51(84)50(83)43(76)26(2)89-62/h16-18,20,26,33-55,57-62,68-71,76-84,86H,7-15,19,21-25H2,1-6H3,(H,63,72)(H,64,73)(H,65,74)(H,66,75)(H,67,85)/t26?,33?,34?,35?,36?,37?,38-,39-,40?,41-,42?,43+,44+,45+,46+,47?,48+,49?,50+,51?,52+,53?,54+,55?,57?,58?,59-,60-,61?,62+/m0/s1. The van der Waals surface area contributed by atoms with Gasteiger partial charge < -0.3 is 155 Å². The van der Waals surface area contributed by atoms with Crippen LogP contribution in [0.1, 0.15) is 110 Å². The Bertz CT molecular complexity index is 2660. The molecule has 1 aromatic rings. The Kier molecular flexibility index (Phi) is 31.3. The average Bonchev–Trinajstić information content (AvgIpc) is 0.772. The van der Waals surface area contributed by atoms with E-state index in [0.29, 0.717) is 12.4 Å². The molecule has 0 bridgehead atoms. The molecule has 0 radical (unpaired) electrons. The first-order valence-electron chi connectivity index (χ1n) is 33.2. The lowest BCUT2D eigenvalue weighted by Gasteiger charge is -2.51. The van der Waals surface area contributed by atoms with Gasteiger partial charge in [0.15, 0.2) is 37.7 Å². The van der Waals surface area contributed by atoms with Crippen molar-refractivity contribution in [1.82, 2.24) is 26.6 Å². The molecule has 16 unspecified atom stereocenters. The topological polar surface area (TPSA) is 539 Å². The van der Waals surface area contributed by atoms with Crippen LogP contribution in [0.5, 0.6) is 5.75 Å². The van der Waals surface area contributed by atoms with Crippen LogP contribution in [0.15, 0.2) is 24.3 Å².